The lowest BCUT2D eigenvalue weighted by atomic mass is 10.1. The van der Waals surface area contributed by atoms with Gasteiger partial charge in [-0.25, -0.2) is 0 Å². The van der Waals surface area contributed by atoms with Crippen LogP contribution in [-0.2, 0) is 16.0 Å². The smallest absolute Gasteiger partial charge is 0.152 e. The van der Waals surface area contributed by atoms with Crippen molar-refractivity contribution < 1.29 is 9.59 Å². The molecule has 0 aliphatic carbocycles. The van der Waals surface area contributed by atoms with E-state index in [4.69, 9.17) is 0 Å². The van der Waals surface area contributed by atoms with Crippen LogP contribution in [0.25, 0.3) is 6.08 Å². The number of rotatable bonds is 5. The molecular weight excluding hydrogens is 272 g/mol. The van der Waals surface area contributed by atoms with Crippen LogP contribution in [0, 0.1) is 0 Å². The summed E-state index contributed by atoms with van der Waals surface area (Å²) in [6.45, 7) is 3.17. The number of ketones is 2. The molecule has 0 aliphatic heterocycles. The average Bonchev–Trinajstić information content (AvgIpc) is 2.53. The molecule has 0 atom stereocenters. The van der Waals surface area contributed by atoms with Crippen LogP contribution in [0.1, 0.15) is 31.4 Å². The van der Waals surface area contributed by atoms with Crippen LogP contribution in [-0.4, -0.2) is 11.6 Å². The second-order valence-corrected chi connectivity index (χ2v) is 5.04. The topological polar surface area (TPSA) is 34.1 Å². The molecule has 0 heterocycles. The van der Waals surface area contributed by atoms with E-state index in [0.29, 0.717) is 6.42 Å². The average molecular weight is 294 g/mol. The van der Waals surface area contributed by atoms with Gasteiger partial charge in [-0.05, 0) is 37.5 Å². The monoisotopic (exact) mass is 294 g/mol. The van der Waals surface area contributed by atoms with Crippen molar-refractivity contribution in [2.24, 2.45) is 0 Å². The molecule has 0 amide bonds. The number of aryl methyl sites for hydroxylation is 1. The van der Waals surface area contributed by atoms with Crippen LogP contribution in [0.3, 0.4) is 0 Å². The first-order chi connectivity index (χ1) is 10.6. The van der Waals surface area contributed by atoms with E-state index >= 15 is 0 Å². The molecule has 2 nitrogen and oxygen atoms in total. The third-order valence-electron chi connectivity index (χ3n) is 2.92. The maximum atomic E-state index is 10.6. The summed E-state index contributed by atoms with van der Waals surface area (Å²) in [5.41, 5.74) is 2.30. The molecular formula is C20H22O2. The van der Waals surface area contributed by atoms with Crippen LogP contribution < -0.4 is 0 Å². The normalized spacial score (nSPS) is 9.91. The molecule has 0 saturated carbocycles. The first kappa shape index (κ1) is 17.6. The molecule has 0 aliphatic rings. The van der Waals surface area contributed by atoms with Crippen LogP contribution >= 0.6 is 0 Å². The fraction of sp³-hybridized carbons (Fsp3) is 0.200. The van der Waals surface area contributed by atoms with Gasteiger partial charge in [0.1, 0.15) is 5.78 Å². The molecule has 0 radical (unpaired) electrons. The standard InChI is InChI=1S/C10H12O.C10H10O/c2*1-9(11)7-8-10-5-3-2-4-6-10/h2-6H,7-8H2,1H3;2-8H,1H3/b;8-7+. The molecule has 2 aromatic rings. The van der Waals surface area contributed by atoms with Crippen molar-refractivity contribution in [3.05, 3.63) is 77.9 Å². The van der Waals surface area contributed by atoms with Gasteiger partial charge in [-0.3, -0.25) is 4.79 Å². The summed E-state index contributed by atoms with van der Waals surface area (Å²) in [5, 5.41) is 0. The molecule has 0 fully saturated rings. The molecule has 0 bridgehead atoms. The van der Waals surface area contributed by atoms with E-state index in [1.165, 1.54) is 5.56 Å². The molecule has 22 heavy (non-hydrogen) atoms. The van der Waals surface area contributed by atoms with Crippen molar-refractivity contribution in [2.45, 2.75) is 26.7 Å². The third kappa shape index (κ3) is 8.64. The number of benzene rings is 2. The van der Waals surface area contributed by atoms with Crippen LogP contribution in [0.2, 0.25) is 0 Å². The zero-order valence-corrected chi connectivity index (χ0v) is 13.2. The van der Waals surface area contributed by atoms with Crippen molar-refractivity contribution in [3.8, 4) is 0 Å². The van der Waals surface area contributed by atoms with Crippen LogP contribution in [0.4, 0.5) is 0 Å². The minimum absolute atomic E-state index is 0.0776. The van der Waals surface area contributed by atoms with E-state index in [-0.39, 0.29) is 11.6 Å². The fourth-order valence-corrected chi connectivity index (χ4v) is 1.74. The highest BCUT2D eigenvalue weighted by Crippen LogP contribution is 2.02. The van der Waals surface area contributed by atoms with Gasteiger partial charge in [-0.1, -0.05) is 66.7 Å². The second kappa shape index (κ2) is 10.3. The molecule has 0 aromatic heterocycles. The highest BCUT2D eigenvalue weighted by Gasteiger charge is 1.94. The lowest BCUT2D eigenvalue weighted by Crippen LogP contribution is -1.92. The predicted molar refractivity (Wildman–Crippen MR) is 91.6 cm³/mol. The minimum Gasteiger partial charge on any atom is -0.300 e. The van der Waals surface area contributed by atoms with E-state index < -0.39 is 0 Å². The SMILES string of the molecule is CC(=O)/C=C/c1ccccc1.CC(=O)CCc1ccccc1. The summed E-state index contributed by atoms with van der Waals surface area (Å²) >= 11 is 0. The van der Waals surface area contributed by atoms with E-state index in [1.54, 1.807) is 19.9 Å². The van der Waals surface area contributed by atoms with E-state index in [9.17, 15) is 9.59 Å². The Bertz CT molecular complexity index is 598. The highest BCUT2D eigenvalue weighted by molar-refractivity contribution is 5.91. The van der Waals surface area contributed by atoms with Gasteiger partial charge in [-0.2, -0.15) is 0 Å². The van der Waals surface area contributed by atoms with Gasteiger partial charge in [0, 0.05) is 6.42 Å². The summed E-state index contributed by atoms with van der Waals surface area (Å²) in [4.78, 5) is 21.1. The van der Waals surface area contributed by atoms with Crippen molar-refractivity contribution in [1.29, 1.82) is 0 Å². The Hall–Kier alpha value is -2.48. The van der Waals surface area contributed by atoms with E-state index in [1.807, 2.05) is 66.7 Å². The zero-order chi connectivity index (χ0) is 16.2. The highest BCUT2D eigenvalue weighted by atomic mass is 16.1. The van der Waals surface area contributed by atoms with Gasteiger partial charge in [0.25, 0.3) is 0 Å². The largest absolute Gasteiger partial charge is 0.300 e. The Morgan fingerprint density at radius 1 is 0.864 bits per heavy atom. The molecule has 114 valence electrons. The predicted octanol–water partition coefficient (Wildman–Crippen LogP) is 4.50. The van der Waals surface area contributed by atoms with Crippen molar-refractivity contribution in [2.75, 3.05) is 0 Å². The molecule has 0 saturated heterocycles. The fourth-order valence-electron chi connectivity index (χ4n) is 1.74. The van der Waals surface area contributed by atoms with Crippen molar-refractivity contribution in [3.63, 3.8) is 0 Å². The number of carbonyl (C=O) groups excluding carboxylic acids is 2. The van der Waals surface area contributed by atoms with Gasteiger partial charge >= 0.3 is 0 Å². The summed E-state index contributed by atoms with van der Waals surface area (Å²) < 4.78 is 0. The zero-order valence-electron chi connectivity index (χ0n) is 13.2. The Labute approximate surface area is 132 Å². The Balaban J connectivity index is 0.000000220. The maximum Gasteiger partial charge on any atom is 0.152 e. The molecule has 0 spiro atoms. The van der Waals surface area contributed by atoms with Gasteiger partial charge in [0.15, 0.2) is 5.78 Å². The van der Waals surface area contributed by atoms with Gasteiger partial charge in [-0.15, -0.1) is 0 Å². The van der Waals surface area contributed by atoms with E-state index in [2.05, 4.69) is 0 Å². The number of hydrogen-bond acceptors (Lipinski definition) is 2. The summed E-state index contributed by atoms with van der Waals surface area (Å²) in [5.74, 6) is 0.336. The molecule has 2 aromatic carbocycles. The lowest BCUT2D eigenvalue weighted by Gasteiger charge is -1.96. The number of carbonyl (C=O) groups is 2. The summed E-state index contributed by atoms with van der Waals surface area (Å²) in [6, 6.07) is 19.8. The maximum absolute atomic E-state index is 10.6. The summed E-state index contributed by atoms with van der Waals surface area (Å²) in [6.07, 6.45) is 4.90. The Morgan fingerprint density at radius 2 is 1.41 bits per heavy atom. The van der Waals surface area contributed by atoms with E-state index in [0.717, 1.165) is 12.0 Å². The van der Waals surface area contributed by atoms with Gasteiger partial charge in [0.2, 0.25) is 0 Å². The van der Waals surface area contributed by atoms with Gasteiger partial charge < -0.3 is 4.79 Å². The summed E-state index contributed by atoms with van der Waals surface area (Å²) in [7, 11) is 0. The minimum atomic E-state index is 0.0776. The van der Waals surface area contributed by atoms with Crippen molar-refractivity contribution >= 4 is 17.6 Å². The number of Topliss-reactive ketones (excluding diaryl/α,β-unsaturated/α-hetero) is 1. The molecule has 2 rings (SSSR count). The van der Waals surface area contributed by atoms with Gasteiger partial charge in [0.05, 0.1) is 0 Å². The first-order valence-electron chi connectivity index (χ1n) is 7.35. The Morgan fingerprint density at radius 3 is 1.91 bits per heavy atom. The second-order valence-electron chi connectivity index (χ2n) is 5.04. The molecule has 0 unspecified atom stereocenters. The lowest BCUT2D eigenvalue weighted by molar-refractivity contribution is -0.117. The number of hydrogen-bond donors (Lipinski definition) is 0. The molecule has 0 N–H and O–H groups in total. The molecule has 2 heteroatoms. The number of allylic oxidation sites excluding steroid dienone is 1. The quantitative estimate of drug-likeness (QED) is 0.761. The van der Waals surface area contributed by atoms with Crippen molar-refractivity contribution in [1.82, 2.24) is 0 Å². The third-order valence-corrected chi connectivity index (χ3v) is 2.92. The van der Waals surface area contributed by atoms with Crippen LogP contribution in [0.15, 0.2) is 66.7 Å². The first-order valence-corrected chi connectivity index (χ1v) is 7.35. The Kier molecular flexibility index (Phi) is 8.21. The van der Waals surface area contributed by atoms with Crippen LogP contribution in [0.5, 0.6) is 0 Å².